The van der Waals surface area contributed by atoms with Crippen LogP contribution in [-0.4, -0.2) is 17.4 Å². The van der Waals surface area contributed by atoms with Crippen LogP contribution in [0.3, 0.4) is 0 Å². The van der Waals surface area contributed by atoms with Crippen LogP contribution in [0.15, 0.2) is 48.5 Å². The smallest absolute Gasteiger partial charge is 0.270 e. The number of nitro benzene ring substituents is 1. The van der Waals surface area contributed by atoms with Gasteiger partial charge in [0.25, 0.3) is 11.6 Å². The topological polar surface area (TPSA) is 72.2 Å². The summed E-state index contributed by atoms with van der Waals surface area (Å²) < 4.78 is 0. The van der Waals surface area contributed by atoms with Gasteiger partial charge in [0.15, 0.2) is 0 Å². The van der Waals surface area contributed by atoms with Gasteiger partial charge in [-0.3, -0.25) is 14.9 Å². The van der Waals surface area contributed by atoms with Gasteiger partial charge in [-0.25, -0.2) is 0 Å². The first kappa shape index (κ1) is 16.0. The average Bonchev–Trinajstić information content (AvgIpc) is 2.53. The Morgan fingerprint density at radius 1 is 1.27 bits per heavy atom. The number of benzene rings is 2. The van der Waals surface area contributed by atoms with E-state index in [0.29, 0.717) is 6.54 Å². The molecular formula is C16H15ClN2O3. The van der Waals surface area contributed by atoms with E-state index in [9.17, 15) is 14.9 Å². The number of halogens is 1. The second-order valence-corrected chi connectivity index (χ2v) is 5.35. The van der Waals surface area contributed by atoms with Crippen molar-refractivity contribution < 1.29 is 9.72 Å². The summed E-state index contributed by atoms with van der Waals surface area (Å²) >= 11 is 5.94. The molecular weight excluding hydrogens is 304 g/mol. The van der Waals surface area contributed by atoms with Gasteiger partial charge < -0.3 is 5.32 Å². The van der Waals surface area contributed by atoms with Crippen LogP contribution >= 0.6 is 11.6 Å². The number of nitro groups is 1. The predicted octanol–water partition coefficient (Wildman–Crippen LogP) is 3.78. The third-order valence-corrected chi connectivity index (χ3v) is 3.67. The van der Waals surface area contributed by atoms with Gasteiger partial charge in [0, 0.05) is 18.7 Å². The van der Waals surface area contributed by atoms with E-state index < -0.39 is 10.8 Å². The Kier molecular flexibility index (Phi) is 5.12. The minimum atomic E-state index is -0.556. The van der Waals surface area contributed by atoms with Crippen molar-refractivity contribution in [2.75, 3.05) is 6.54 Å². The lowest BCUT2D eigenvalue weighted by Crippen LogP contribution is -2.27. The molecule has 0 aromatic heterocycles. The van der Waals surface area contributed by atoms with E-state index in [1.807, 2.05) is 37.3 Å². The highest BCUT2D eigenvalue weighted by atomic mass is 35.5. The van der Waals surface area contributed by atoms with Crippen LogP contribution in [0, 0.1) is 10.1 Å². The number of amides is 1. The third kappa shape index (κ3) is 3.83. The van der Waals surface area contributed by atoms with Crippen molar-refractivity contribution in [1.82, 2.24) is 5.32 Å². The third-order valence-electron chi connectivity index (χ3n) is 3.34. The summed E-state index contributed by atoms with van der Waals surface area (Å²) in [6.45, 7) is 2.41. The molecule has 2 rings (SSSR count). The number of hydrogen-bond acceptors (Lipinski definition) is 3. The fraction of sp³-hybridized carbons (Fsp3) is 0.188. The van der Waals surface area contributed by atoms with Crippen LogP contribution in [0.1, 0.15) is 28.8 Å². The number of nitrogens with zero attached hydrogens (tertiary/aromatic N) is 1. The molecule has 1 atom stereocenters. The molecule has 0 aliphatic heterocycles. The van der Waals surface area contributed by atoms with Gasteiger partial charge in [-0.2, -0.15) is 0 Å². The minimum Gasteiger partial charge on any atom is -0.351 e. The number of carbonyl (C=O) groups is 1. The molecule has 0 spiro atoms. The molecule has 22 heavy (non-hydrogen) atoms. The molecule has 0 aliphatic rings. The average molecular weight is 319 g/mol. The summed E-state index contributed by atoms with van der Waals surface area (Å²) in [5.74, 6) is -0.292. The van der Waals surface area contributed by atoms with E-state index >= 15 is 0 Å². The number of hydrogen-bond donors (Lipinski definition) is 1. The Morgan fingerprint density at radius 2 is 1.95 bits per heavy atom. The maximum absolute atomic E-state index is 12.2. The molecule has 0 saturated heterocycles. The Hall–Kier alpha value is -2.40. The second kappa shape index (κ2) is 7.04. The maximum atomic E-state index is 12.2. The first-order valence-electron chi connectivity index (χ1n) is 6.76. The van der Waals surface area contributed by atoms with Crippen LogP contribution in [0.25, 0.3) is 0 Å². The first-order chi connectivity index (χ1) is 10.5. The van der Waals surface area contributed by atoms with Gasteiger partial charge in [0.1, 0.15) is 0 Å². The molecule has 0 heterocycles. The fourth-order valence-electron chi connectivity index (χ4n) is 2.04. The van der Waals surface area contributed by atoms with Crippen LogP contribution < -0.4 is 5.32 Å². The van der Waals surface area contributed by atoms with Crippen LogP contribution in [-0.2, 0) is 0 Å². The molecule has 0 unspecified atom stereocenters. The van der Waals surface area contributed by atoms with E-state index in [-0.39, 0.29) is 22.2 Å². The molecule has 0 radical (unpaired) electrons. The van der Waals surface area contributed by atoms with E-state index in [2.05, 4.69) is 5.32 Å². The molecule has 114 valence electrons. The fourth-order valence-corrected chi connectivity index (χ4v) is 2.24. The van der Waals surface area contributed by atoms with Gasteiger partial charge >= 0.3 is 0 Å². The summed E-state index contributed by atoms with van der Waals surface area (Å²) in [6.07, 6.45) is 0. The highest BCUT2D eigenvalue weighted by molar-refractivity contribution is 6.33. The second-order valence-electron chi connectivity index (χ2n) is 4.94. The summed E-state index contributed by atoms with van der Waals surface area (Å²) in [5.41, 5.74) is 1.05. The Morgan fingerprint density at radius 3 is 2.59 bits per heavy atom. The van der Waals surface area contributed by atoms with Crippen molar-refractivity contribution in [2.45, 2.75) is 12.8 Å². The van der Waals surface area contributed by atoms with Gasteiger partial charge in [0.05, 0.1) is 15.5 Å². The first-order valence-corrected chi connectivity index (χ1v) is 7.14. The van der Waals surface area contributed by atoms with Gasteiger partial charge in [-0.05, 0) is 17.5 Å². The van der Waals surface area contributed by atoms with Crippen molar-refractivity contribution in [3.05, 3.63) is 74.8 Å². The summed E-state index contributed by atoms with van der Waals surface area (Å²) in [7, 11) is 0. The molecule has 0 fully saturated rings. The zero-order valence-electron chi connectivity index (χ0n) is 12.0. The molecule has 6 heteroatoms. The summed E-state index contributed by atoms with van der Waals surface area (Å²) in [6, 6.07) is 13.6. The van der Waals surface area contributed by atoms with Crippen LogP contribution in [0.5, 0.6) is 0 Å². The Labute approximate surface area is 133 Å². The van der Waals surface area contributed by atoms with Crippen molar-refractivity contribution in [2.24, 2.45) is 0 Å². The molecule has 2 aromatic carbocycles. The van der Waals surface area contributed by atoms with Gasteiger partial charge in [-0.15, -0.1) is 0 Å². The van der Waals surface area contributed by atoms with Gasteiger partial charge in [-0.1, -0.05) is 48.9 Å². The zero-order valence-corrected chi connectivity index (χ0v) is 12.7. The molecule has 1 N–H and O–H groups in total. The molecule has 5 nitrogen and oxygen atoms in total. The highest BCUT2D eigenvalue weighted by Crippen LogP contribution is 2.22. The number of carbonyl (C=O) groups excluding carboxylic acids is 1. The predicted molar refractivity (Wildman–Crippen MR) is 85.3 cm³/mol. The quantitative estimate of drug-likeness (QED) is 0.673. The SMILES string of the molecule is C[C@@H](CNC(=O)c1cc([N+](=O)[O-])ccc1Cl)c1ccccc1. The molecule has 1 amide bonds. The lowest BCUT2D eigenvalue weighted by atomic mass is 10.0. The van der Waals surface area contributed by atoms with Crippen molar-refractivity contribution in [1.29, 1.82) is 0 Å². The maximum Gasteiger partial charge on any atom is 0.270 e. The van der Waals surface area contributed by atoms with E-state index in [4.69, 9.17) is 11.6 Å². The monoisotopic (exact) mass is 318 g/mol. The van der Waals surface area contributed by atoms with Crippen LogP contribution in [0.4, 0.5) is 5.69 Å². The number of rotatable bonds is 5. The van der Waals surface area contributed by atoms with Crippen molar-refractivity contribution in [3.63, 3.8) is 0 Å². The van der Waals surface area contributed by atoms with Crippen molar-refractivity contribution >= 4 is 23.2 Å². The lowest BCUT2D eigenvalue weighted by Gasteiger charge is -2.13. The number of nitrogens with one attached hydrogen (secondary N) is 1. The standard InChI is InChI=1S/C16H15ClN2O3/c1-11(12-5-3-2-4-6-12)10-18-16(20)14-9-13(19(21)22)7-8-15(14)17/h2-9,11H,10H2,1H3,(H,18,20)/t11-/m0/s1. The number of non-ortho nitro benzene ring substituents is 1. The Bertz CT molecular complexity index is 689. The van der Waals surface area contributed by atoms with Gasteiger partial charge in [0.2, 0.25) is 0 Å². The largest absolute Gasteiger partial charge is 0.351 e. The molecule has 0 aliphatic carbocycles. The van der Waals surface area contributed by atoms with E-state index in [1.165, 1.54) is 18.2 Å². The lowest BCUT2D eigenvalue weighted by molar-refractivity contribution is -0.384. The molecule has 0 saturated carbocycles. The molecule has 0 bridgehead atoms. The van der Waals surface area contributed by atoms with E-state index in [1.54, 1.807) is 0 Å². The minimum absolute atomic E-state index is 0.108. The highest BCUT2D eigenvalue weighted by Gasteiger charge is 2.16. The summed E-state index contributed by atoms with van der Waals surface area (Å²) in [4.78, 5) is 22.4. The van der Waals surface area contributed by atoms with Crippen LogP contribution in [0.2, 0.25) is 5.02 Å². The summed E-state index contributed by atoms with van der Waals surface area (Å²) in [5, 5.41) is 13.7. The van der Waals surface area contributed by atoms with Crippen molar-refractivity contribution in [3.8, 4) is 0 Å². The normalized spacial score (nSPS) is 11.7. The zero-order chi connectivity index (χ0) is 16.1. The molecule has 2 aromatic rings. The Balaban J connectivity index is 2.06. The van der Waals surface area contributed by atoms with E-state index in [0.717, 1.165) is 5.56 Å².